The van der Waals surface area contributed by atoms with E-state index in [1.54, 1.807) is 121 Å². The van der Waals surface area contributed by atoms with Gasteiger partial charge in [-0.1, -0.05) is 200 Å². The maximum Gasteiger partial charge on any atom is 0.251 e. The van der Waals surface area contributed by atoms with E-state index < -0.39 is 11.6 Å². The zero-order chi connectivity index (χ0) is 101. The standard InChI is InChI=1S/C15H13ClN2S2.2C12H11Cl2N3S.C12H12ClN3S.C12H11F2N3S.C12H12FN3S.C11H10ClN3OS.C10H10N2OS2.3ClH/c1-9-7-10(2)18-15(17-9)19-8-13-14(16)11-5-3-4-6-12(11)20-13;2*1-7-3-8(2)17-12(16-7)18-6-9-10(13)4-15-5-11(9)14;1-8-5-9(2)16-12(15-8)17-7-10-3-4-14-6-11(10)13;1-7-3-8(2)17-12(16-7)18-6-9-10(13)4-15-5-11(9)14;1-8-5-9(2)16-12(15-8)17-7-10-3-4-14-6-11(10)13;1-7-5-9(16)15-11(14-7)17-6-8-3-2-4-13-10(8)12;1-7-4-9(13)12-10(11-7)15-6-8-2-3-14-5-8;;;/h3-7H,8H2,1-2H3;2*3-5H,6H2,1-2H3;3-6H,7H2,1-2H3;3-5H,6H2,1-2H3;3-6H,7H2,1-2H3;2-5H,6H2,1H3,(H,14,15,16);2-5H,6H2,1H3,(H,11,12,13);3*1H. The van der Waals surface area contributed by atoms with Crippen molar-refractivity contribution in [2.45, 2.75) is 184 Å². The summed E-state index contributed by atoms with van der Waals surface area (Å²) in [6.45, 7) is 26.9. The molecule has 0 spiro atoms. The van der Waals surface area contributed by atoms with E-state index in [1.165, 1.54) is 92.3 Å². The molecule has 0 aliphatic rings. The van der Waals surface area contributed by atoms with E-state index in [-0.39, 0.29) is 65.5 Å². The third-order valence-corrected chi connectivity index (χ3v) is 29.6. The Balaban J connectivity index is 0.000000221. The summed E-state index contributed by atoms with van der Waals surface area (Å²) in [5, 5.41) is 15.1. The molecule has 1 aromatic carbocycles. The molecule has 0 unspecified atom stereocenters. The Morgan fingerprint density at radius 2 is 0.650 bits per heavy atom. The van der Waals surface area contributed by atoms with Crippen LogP contribution in [0.1, 0.15) is 124 Å². The van der Waals surface area contributed by atoms with E-state index in [1.807, 2.05) is 162 Å². The first-order valence-electron chi connectivity index (χ1n) is 41.9. The van der Waals surface area contributed by atoms with Gasteiger partial charge in [0.2, 0.25) is 0 Å². The highest BCUT2D eigenvalue weighted by Crippen LogP contribution is 2.39. The summed E-state index contributed by atoms with van der Waals surface area (Å²) in [6, 6.07) is 32.2. The Kier molecular flexibility index (Phi) is 53.2. The van der Waals surface area contributed by atoms with Gasteiger partial charge in [-0.25, -0.2) is 87.9 Å². The van der Waals surface area contributed by atoms with Gasteiger partial charge in [0.1, 0.15) is 22.6 Å². The molecule has 24 nitrogen and oxygen atoms in total. The lowest BCUT2D eigenvalue weighted by atomic mass is 10.2. The van der Waals surface area contributed by atoms with Crippen LogP contribution in [0, 0.1) is 114 Å². The van der Waals surface area contributed by atoms with Crippen LogP contribution in [0.2, 0.25) is 35.3 Å². The van der Waals surface area contributed by atoms with E-state index in [4.69, 9.17) is 81.2 Å². The van der Waals surface area contributed by atoms with Crippen molar-refractivity contribution in [3.8, 4) is 0 Å². The summed E-state index contributed by atoms with van der Waals surface area (Å²) in [5.41, 5.74) is 18.1. The van der Waals surface area contributed by atoms with Crippen LogP contribution < -0.4 is 11.1 Å². The smallest absolute Gasteiger partial charge is 0.251 e. The Morgan fingerprint density at radius 1 is 0.315 bits per heavy atom. The number of nitrogens with zero attached hydrogens (tertiary/aromatic N) is 20. The van der Waals surface area contributed by atoms with Crippen LogP contribution in [0.5, 0.6) is 0 Å². The molecule has 750 valence electrons. The lowest BCUT2D eigenvalue weighted by molar-refractivity contribution is 0.556. The van der Waals surface area contributed by atoms with Crippen molar-refractivity contribution in [2.75, 3.05) is 0 Å². The number of thioether (sulfide) groups is 8. The summed E-state index contributed by atoms with van der Waals surface area (Å²) in [5.74, 6) is 3.36. The molecule has 0 saturated carbocycles. The summed E-state index contributed by atoms with van der Waals surface area (Å²) in [6.07, 6.45) is 16.2. The molecule has 0 aliphatic carbocycles. The molecular formula is C96H93Cl10F3N22O2S10. The number of aromatic nitrogens is 22. The van der Waals surface area contributed by atoms with Crippen molar-refractivity contribution in [2.24, 2.45) is 0 Å². The van der Waals surface area contributed by atoms with E-state index in [2.05, 4.69) is 133 Å². The summed E-state index contributed by atoms with van der Waals surface area (Å²) in [7, 11) is 0. The minimum absolute atomic E-state index is 0. The highest BCUT2D eigenvalue weighted by atomic mass is 35.5. The third-order valence-electron chi connectivity index (χ3n) is 17.9. The molecular weight excluding hydrogens is 2230 g/mol. The van der Waals surface area contributed by atoms with Crippen LogP contribution in [0.15, 0.2) is 233 Å². The topological polar surface area (TPSA) is 324 Å². The zero-order valence-corrected chi connectivity index (χ0v) is 94.7. The second kappa shape index (κ2) is 62.6. The highest BCUT2D eigenvalue weighted by molar-refractivity contribution is 8.00. The number of nitrogens with one attached hydrogen (secondary N) is 2. The van der Waals surface area contributed by atoms with Crippen molar-refractivity contribution in [3.63, 3.8) is 0 Å². The molecule has 17 rings (SSSR count). The van der Waals surface area contributed by atoms with E-state index in [0.717, 1.165) is 157 Å². The molecule has 0 aliphatic heterocycles. The number of rotatable bonds is 24. The minimum Gasteiger partial charge on any atom is -0.301 e. The number of aryl methyl sites for hydroxylation is 14. The lowest BCUT2D eigenvalue weighted by Gasteiger charge is -2.06. The van der Waals surface area contributed by atoms with Crippen molar-refractivity contribution >= 4 is 245 Å². The minimum atomic E-state index is -0.646. The largest absolute Gasteiger partial charge is 0.301 e. The maximum atomic E-state index is 13.4. The average Bonchev–Trinajstić information content (AvgIpc) is 1.66. The predicted molar refractivity (Wildman–Crippen MR) is 593 cm³/mol. The SMILES string of the molecule is Cc1cc(=O)[nH]c(SCc2cccnc2Cl)n1.Cc1cc(=O)[nH]c(SCc2ccsc2)n1.Cc1cc(C)nc(SCc2c(Cl)cncc2Cl)n1.Cc1cc(C)nc(SCc2c(Cl)cncc2Cl)n1.Cc1cc(C)nc(SCc2c(F)cncc2F)n1.Cc1cc(C)nc(SCc2ccncc2Cl)n1.Cc1cc(C)nc(SCc2ccncc2F)n1.Cc1cc(C)nc(SCc2sc3ccccc3c2Cl)n1.Cl.Cl.Cl. The monoisotopic (exact) mass is 2310 g/mol. The molecule has 0 amide bonds. The number of benzene rings is 1. The molecule has 17 aromatic rings. The number of hydrogen-bond acceptors (Lipinski definition) is 32. The molecule has 143 heavy (non-hydrogen) atoms. The fraction of sp³-hybridized carbons (Fsp3) is 0.229. The van der Waals surface area contributed by atoms with Crippen molar-refractivity contribution in [1.29, 1.82) is 0 Å². The van der Waals surface area contributed by atoms with Crippen LogP contribution in [0.25, 0.3) is 10.1 Å². The van der Waals surface area contributed by atoms with Gasteiger partial charge < -0.3 is 9.97 Å². The van der Waals surface area contributed by atoms with Crippen LogP contribution >= 0.6 is 235 Å². The average molecular weight is 2320 g/mol. The Labute approximate surface area is 922 Å². The molecule has 2 N–H and O–H groups in total. The van der Waals surface area contributed by atoms with Gasteiger partial charge in [0, 0.05) is 225 Å². The molecule has 16 aromatic heterocycles. The first kappa shape index (κ1) is 121. The van der Waals surface area contributed by atoms with Crippen LogP contribution in [0.3, 0.4) is 0 Å². The zero-order valence-electron chi connectivity index (χ0n) is 78.8. The second-order valence-corrected chi connectivity index (χ2v) is 42.2. The van der Waals surface area contributed by atoms with E-state index in [0.29, 0.717) is 85.2 Å². The van der Waals surface area contributed by atoms with Crippen LogP contribution in [-0.2, 0) is 46.0 Å². The molecule has 0 atom stereocenters. The van der Waals surface area contributed by atoms with Gasteiger partial charge in [-0.05, 0) is 191 Å². The Bertz CT molecular complexity index is 6630. The van der Waals surface area contributed by atoms with Gasteiger partial charge >= 0.3 is 0 Å². The summed E-state index contributed by atoms with van der Waals surface area (Å²) < 4.78 is 41.3. The molecule has 47 heteroatoms. The molecule has 0 radical (unpaired) electrons. The first-order valence-corrected chi connectivity index (χ1v) is 54.2. The normalized spacial score (nSPS) is 10.4. The lowest BCUT2D eigenvalue weighted by Crippen LogP contribution is -2.08. The van der Waals surface area contributed by atoms with Gasteiger partial charge in [-0.15, -0.1) is 48.6 Å². The van der Waals surface area contributed by atoms with Gasteiger partial charge in [0.25, 0.3) is 11.1 Å². The number of halogens is 13. The fourth-order valence-corrected chi connectivity index (χ4v) is 23.6. The Hall–Kier alpha value is -8.49. The Morgan fingerprint density at radius 3 is 1.03 bits per heavy atom. The molecule has 0 saturated heterocycles. The van der Waals surface area contributed by atoms with E-state index >= 15 is 0 Å². The summed E-state index contributed by atoms with van der Waals surface area (Å²) in [4.78, 5) is 112. The van der Waals surface area contributed by atoms with E-state index in [9.17, 15) is 22.8 Å². The quantitative estimate of drug-likeness (QED) is 0.0322. The number of fused-ring (bicyclic) bond motifs is 1. The van der Waals surface area contributed by atoms with Gasteiger partial charge in [0.15, 0.2) is 41.3 Å². The van der Waals surface area contributed by atoms with Crippen LogP contribution in [0.4, 0.5) is 13.2 Å². The predicted octanol–water partition coefficient (Wildman–Crippen LogP) is 29.0. The molecule has 0 fully saturated rings. The van der Waals surface area contributed by atoms with Gasteiger partial charge in [-0.3, -0.25) is 34.5 Å². The number of pyridine rings is 6. The third kappa shape index (κ3) is 42.7. The first-order chi connectivity index (χ1) is 67.0. The maximum absolute atomic E-state index is 13.4. The number of H-pyrrole nitrogens is 2. The number of hydrogen-bond donors (Lipinski definition) is 2. The van der Waals surface area contributed by atoms with Gasteiger partial charge in [0.05, 0.1) is 48.7 Å². The number of thiophene rings is 2. The second-order valence-electron chi connectivity index (χ2n) is 29.9. The highest BCUT2D eigenvalue weighted by Gasteiger charge is 2.17. The van der Waals surface area contributed by atoms with Crippen molar-refractivity contribution in [1.82, 2.24) is 110 Å². The fourth-order valence-electron chi connectivity index (χ4n) is 11.7. The van der Waals surface area contributed by atoms with Crippen molar-refractivity contribution in [3.05, 3.63) is 379 Å². The van der Waals surface area contributed by atoms with Crippen molar-refractivity contribution < 1.29 is 13.2 Å². The molecule has 16 heterocycles. The summed E-state index contributed by atoms with van der Waals surface area (Å²) >= 11 is 57.9. The number of aromatic amines is 2. The molecule has 0 bridgehead atoms. The van der Waals surface area contributed by atoms with Crippen LogP contribution in [-0.4, -0.2) is 110 Å². The van der Waals surface area contributed by atoms with Gasteiger partial charge in [-0.2, -0.15) is 11.3 Å².